The highest BCUT2D eigenvalue weighted by molar-refractivity contribution is 6.09. The van der Waals surface area contributed by atoms with Gasteiger partial charge in [-0.3, -0.25) is 4.57 Å². The average Bonchev–Trinajstić information content (AvgIpc) is 3.13. The first-order valence-corrected chi connectivity index (χ1v) is 11.5. The van der Waals surface area contributed by atoms with Crippen LogP contribution >= 0.6 is 0 Å². The van der Waals surface area contributed by atoms with Crippen molar-refractivity contribution in [3.05, 3.63) is 89.2 Å². The van der Waals surface area contributed by atoms with Crippen LogP contribution in [0.15, 0.2) is 66.9 Å². The Labute approximate surface area is 202 Å². The first-order valence-electron chi connectivity index (χ1n) is 11.5. The molecule has 6 aromatic rings. The number of rotatable bonds is 3. The van der Waals surface area contributed by atoms with E-state index in [1.165, 1.54) is 5.56 Å². The van der Waals surface area contributed by atoms with Crippen molar-refractivity contribution in [1.82, 2.24) is 19.5 Å². The summed E-state index contributed by atoms with van der Waals surface area (Å²) in [5.74, 6) is 1.90. The highest BCUT2D eigenvalue weighted by atomic mass is 16.5. The van der Waals surface area contributed by atoms with E-state index in [1.807, 2.05) is 32.0 Å². The molecule has 0 bridgehead atoms. The van der Waals surface area contributed by atoms with E-state index in [4.69, 9.17) is 9.72 Å². The van der Waals surface area contributed by atoms with Crippen molar-refractivity contribution in [3.63, 3.8) is 0 Å². The number of phenolic OH excluding ortho intramolecular Hbond substituents is 1. The van der Waals surface area contributed by atoms with Crippen molar-refractivity contribution in [1.29, 1.82) is 0 Å². The number of hydrogen-bond donors (Lipinski definition) is 1. The minimum absolute atomic E-state index is 0.0791. The summed E-state index contributed by atoms with van der Waals surface area (Å²) in [7, 11) is 0. The standard InChI is InChI=1S/C29H24N4O2/c1-16-5-8-21-22-9-7-20(35-27-15-30-28-18(3)6-10-25(34)29(28)32-27)14-24(22)33(23(21)12-16)26-13-17(2)11-19(4)31-26/h5-15,34H,1-4H3. The Bertz CT molecular complexity index is 1770. The van der Waals surface area contributed by atoms with Crippen LogP contribution in [-0.2, 0) is 0 Å². The van der Waals surface area contributed by atoms with Gasteiger partial charge >= 0.3 is 0 Å². The molecule has 0 aliphatic carbocycles. The first-order chi connectivity index (χ1) is 16.9. The lowest BCUT2D eigenvalue weighted by Crippen LogP contribution is -2.00. The summed E-state index contributed by atoms with van der Waals surface area (Å²) >= 11 is 0. The molecule has 35 heavy (non-hydrogen) atoms. The second-order valence-electron chi connectivity index (χ2n) is 9.09. The maximum absolute atomic E-state index is 10.3. The lowest BCUT2D eigenvalue weighted by Gasteiger charge is -2.11. The SMILES string of the molecule is Cc1cc(C)nc(-n2c3cc(C)ccc3c3ccc(Oc4cnc5c(C)ccc(O)c5n4)cc32)c1. The average molecular weight is 461 g/mol. The number of nitrogens with zero attached hydrogens (tertiary/aromatic N) is 4. The number of benzene rings is 3. The molecule has 0 radical (unpaired) electrons. The van der Waals surface area contributed by atoms with E-state index < -0.39 is 0 Å². The Kier molecular flexibility index (Phi) is 4.71. The fraction of sp³-hybridized carbons (Fsp3) is 0.138. The van der Waals surface area contributed by atoms with Gasteiger partial charge in [-0.05, 0) is 80.8 Å². The summed E-state index contributed by atoms with van der Waals surface area (Å²) in [6, 6.07) is 20.1. The highest BCUT2D eigenvalue weighted by Gasteiger charge is 2.16. The molecular weight excluding hydrogens is 436 g/mol. The first kappa shape index (κ1) is 21.1. The van der Waals surface area contributed by atoms with E-state index in [1.54, 1.807) is 12.3 Å². The minimum atomic E-state index is 0.0791. The summed E-state index contributed by atoms with van der Waals surface area (Å²) < 4.78 is 8.32. The topological polar surface area (TPSA) is 73.1 Å². The molecule has 0 fully saturated rings. The van der Waals surface area contributed by atoms with Gasteiger partial charge in [0.25, 0.3) is 0 Å². The zero-order valence-corrected chi connectivity index (χ0v) is 20.0. The zero-order chi connectivity index (χ0) is 24.3. The molecule has 1 N–H and O–H groups in total. The Balaban J connectivity index is 1.54. The number of ether oxygens (including phenoxy) is 1. The van der Waals surface area contributed by atoms with Crippen LogP contribution in [0.1, 0.15) is 22.4 Å². The van der Waals surface area contributed by atoms with Crippen LogP contribution in [0, 0.1) is 27.7 Å². The van der Waals surface area contributed by atoms with E-state index in [0.717, 1.165) is 44.4 Å². The van der Waals surface area contributed by atoms with Crippen LogP contribution in [0.25, 0.3) is 38.7 Å². The number of fused-ring (bicyclic) bond motifs is 4. The number of aromatic nitrogens is 4. The number of hydrogen-bond acceptors (Lipinski definition) is 5. The van der Waals surface area contributed by atoms with Gasteiger partial charge in [0.2, 0.25) is 5.88 Å². The monoisotopic (exact) mass is 460 g/mol. The predicted molar refractivity (Wildman–Crippen MR) is 139 cm³/mol. The van der Waals surface area contributed by atoms with Gasteiger partial charge in [-0.15, -0.1) is 0 Å². The van der Waals surface area contributed by atoms with Gasteiger partial charge in [0.05, 0.1) is 22.7 Å². The summed E-state index contributed by atoms with van der Waals surface area (Å²) in [5, 5.41) is 12.5. The van der Waals surface area contributed by atoms with Crippen LogP contribution in [0.5, 0.6) is 17.4 Å². The molecule has 6 heteroatoms. The third kappa shape index (κ3) is 3.54. The van der Waals surface area contributed by atoms with E-state index >= 15 is 0 Å². The predicted octanol–water partition coefficient (Wildman–Crippen LogP) is 6.85. The van der Waals surface area contributed by atoms with Gasteiger partial charge in [-0.25, -0.2) is 15.0 Å². The van der Waals surface area contributed by atoms with Crippen LogP contribution in [-0.4, -0.2) is 24.6 Å². The molecular formula is C29H24N4O2. The van der Waals surface area contributed by atoms with Crippen molar-refractivity contribution >= 4 is 32.8 Å². The van der Waals surface area contributed by atoms with Crippen molar-refractivity contribution in [2.24, 2.45) is 0 Å². The van der Waals surface area contributed by atoms with Crippen LogP contribution < -0.4 is 4.74 Å². The molecule has 0 unspecified atom stereocenters. The fourth-order valence-electron chi connectivity index (χ4n) is 4.73. The summed E-state index contributed by atoms with van der Waals surface area (Å²) in [6.07, 6.45) is 1.59. The molecule has 0 spiro atoms. The number of phenols is 1. The van der Waals surface area contributed by atoms with Crippen LogP contribution in [0.3, 0.4) is 0 Å². The maximum Gasteiger partial charge on any atom is 0.238 e. The van der Waals surface area contributed by atoms with Gasteiger partial charge in [-0.1, -0.05) is 18.2 Å². The van der Waals surface area contributed by atoms with Crippen LogP contribution in [0.2, 0.25) is 0 Å². The quantitative estimate of drug-likeness (QED) is 0.312. The lowest BCUT2D eigenvalue weighted by molar-refractivity contribution is 0.458. The second-order valence-corrected chi connectivity index (χ2v) is 9.09. The van der Waals surface area contributed by atoms with Gasteiger partial charge in [0.1, 0.15) is 22.8 Å². The third-order valence-electron chi connectivity index (χ3n) is 6.29. The van der Waals surface area contributed by atoms with Crippen molar-refractivity contribution in [2.45, 2.75) is 27.7 Å². The summed E-state index contributed by atoms with van der Waals surface area (Å²) in [6.45, 7) is 8.13. The molecule has 0 amide bonds. The van der Waals surface area contributed by atoms with Gasteiger partial charge in [-0.2, -0.15) is 0 Å². The van der Waals surface area contributed by atoms with Crippen molar-refractivity contribution < 1.29 is 9.84 Å². The van der Waals surface area contributed by atoms with Crippen LogP contribution in [0.4, 0.5) is 0 Å². The fourth-order valence-corrected chi connectivity index (χ4v) is 4.73. The van der Waals surface area contributed by atoms with Gasteiger partial charge in [0, 0.05) is 22.5 Å². The maximum atomic E-state index is 10.3. The number of pyridine rings is 1. The van der Waals surface area contributed by atoms with E-state index in [2.05, 4.69) is 64.8 Å². The molecule has 0 saturated carbocycles. The summed E-state index contributed by atoms with van der Waals surface area (Å²) in [5.41, 5.74) is 7.43. The van der Waals surface area contributed by atoms with Gasteiger partial charge < -0.3 is 9.84 Å². The molecule has 3 heterocycles. The molecule has 0 atom stereocenters. The normalized spacial score (nSPS) is 11.5. The zero-order valence-electron chi connectivity index (χ0n) is 20.0. The molecule has 3 aromatic carbocycles. The van der Waals surface area contributed by atoms with Crippen molar-refractivity contribution in [2.75, 3.05) is 0 Å². The highest BCUT2D eigenvalue weighted by Crippen LogP contribution is 2.36. The molecule has 0 saturated heterocycles. The number of aryl methyl sites for hydroxylation is 4. The Morgan fingerprint density at radius 2 is 1.51 bits per heavy atom. The van der Waals surface area contributed by atoms with E-state index in [-0.39, 0.29) is 5.75 Å². The summed E-state index contributed by atoms with van der Waals surface area (Å²) in [4.78, 5) is 13.8. The third-order valence-corrected chi connectivity index (χ3v) is 6.29. The largest absolute Gasteiger partial charge is 0.506 e. The smallest absolute Gasteiger partial charge is 0.238 e. The van der Waals surface area contributed by atoms with E-state index in [9.17, 15) is 5.11 Å². The minimum Gasteiger partial charge on any atom is -0.506 e. The van der Waals surface area contributed by atoms with E-state index in [0.29, 0.717) is 22.7 Å². The second kappa shape index (κ2) is 7.81. The molecule has 0 aliphatic heterocycles. The van der Waals surface area contributed by atoms with Crippen molar-refractivity contribution in [3.8, 4) is 23.2 Å². The molecule has 3 aromatic heterocycles. The number of aromatic hydroxyl groups is 1. The van der Waals surface area contributed by atoms with Gasteiger partial charge in [0.15, 0.2) is 0 Å². The molecule has 6 rings (SSSR count). The lowest BCUT2D eigenvalue weighted by atomic mass is 10.1. The Hall–Kier alpha value is -4.45. The molecule has 6 nitrogen and oxygen atoms in total. The molecule has 0 aliphatic rings. The molecule has 172 valence electrons. The Morgan fingerprint density at radius 3 is 2.31 bits per heavy atom. The Morgan fingerprint density at radius 1 is 0.743 bits per heavy atom.